The molecular formula is C18H16N2O3S3. The Morgan fingerprint density at radius 2 is 2.00 bits per heavy atom. The fourth-order valence-corrected chi connectivity index (χ4v) is 6.03. The fraction of sp³-hybridized carbons (Fsp3) is 0.278. The van der Waals surface area contributed by atoms with E-state index in [9.17, 15) is 4.79 Å². The predicted molar refractivity (Wildman–Crippen MR) is 105 cm³/mol. The van der Waals surface area contributed by atoms with Crippen molar-refractivity contribution in [3.63, 3.8) is 0 Å². The lowest BCUT2D eigenvalue weighted by molar-refractivity contribution is 0.0430. The Bertz CT molecular complexity index is 856. The molecule has 5 nitrogen and oxygen atoms in total. The first-order chi connectivity index (χ1) is 12.8. The molecule has 2 aromatic heterocycles. The summed E-state index contributed by atoms with van der Waals surface area (Å²) in [6.07, 6.45) is 1.26. The molecule has 0 aliphatic carbocycles. The average Bonchev–Trinajstić information content (AvgIpc) is 3.38. The van der Waals surface area contributed by atoms with Crippen LogP contribution in [0.1, 0.15) is 32.8 Å². The highest BCUT2D eigenvalue weighted by Crippen LogP contribution is 2.43. The molecule has 0 radical (unpaired) electrons. The van der Waals surface area contributed by atoms with E-state index in [2.05, 4.69) is 10.1 Å². The van der Waals surface area contributed by atoms with Gasteiger partial charge in [-0.3, -0.25) is 0 Å². The molecule has 26 heavy (non-hydrogen) atoms. The number of thiophene rings is 1. The molecule has 1 aliphatic heterocycles. The van der Waals surface area contributed by atoms with Crippen molar-refractivity contribution >= 4 is 40.8 Å². The molecule has 1 aliphatic rings. The zero-order valence-electron chi connectivity index (χ0n) is 13.8. The van der Waals surface area contributed by atoms with Gasteiger partial charge < -0.3 is 9.26 Å². The van der Waals surface area contributed by atoms with Gasteiger partial charge in [0.15, 0.2) is 6.61 Å². The third-order valence-electron chi connectivity index (χ3n) is 3.78. The molecule has 0 saturated carbocycles. The third kappa shape index (κ3) is 4.13. The predicted octanol–water partition coefficient (Wildman–Crippen LogP) is 5.02. The number of thioether (sulfide) groups is 2. The van der Waals surface area contributed by atoms with Crippen molar-refractivity contribution < 1.29 is 14.1 Å². The molecule has 0 unspecified atom stereocenters. The Morgan fingerprint density at radius 1 is 1.19 bits per heavy atom. The number of aromatic nitrogens is 2. The van der Waals surface area contributed by atoms with Crippen LogP contribution < -0.4 is 0 Å². The maximum absolute atomic E-state index is 12.2. The Hall–Kier alpha value is -1.77. The number of hydrogen-bond donors (Lipinski definition) is 0. The second-order valence-electron chi connectivity index (χ2n) is 5.61. The van der Waals surface area contributed by atoms with Gasteiger partial charge in [-0.15, -0.1) is 34.9 Å². The molecule has 3 aromatic rings. The van der Waals surface area contributed by atoms with Crippen LogP contribution in [0.15, 0.2) is 46.3 Å². The Labute approximate surface area is 163 Å². The van der Waals surface area contributed by atoms with E-state index in [-0.39, 0.29) is 12.5 Å². The summed E-state index contributed by atoms with van der Waals surface area (Å²) < 4.78 is 10.9. The SMILES string of the molecule is O=C(OCc1nc(-c2cccs2)no1)c1ccc(C2SCCCS2)cc1. The molecule has 134 valence electrons. The van der Waals surface area contributed by atoms with Crippen LogP contribution in [0.3, 0.4) is 0 Å². The standard InChI is InChI=1S/C18H16N2O3S3/c21-17(12-4-6-13(7-5-12)18-25-9-2-10-26-18)22-11-15-19-16(20-23-15)14-3-1-8-24-14/h1,3-8,18H,2,9-11H2. The molecule has 0 spiro atoms. The first kappa shape index (κ1) is 17.6. The summed E-state index contributed by atoms with van der Waals surface area (Å²) in [6, 6.07) is 11.5. The number of rotatable bonds is 5. The topological polar surface area (TPSA) is 65.2 Å². The quantitative estimate of drug-likeness (QED) is 0.553. The van der Waals surface area contributed by atoms with Crippen molar-refractivity contribution in [2.75, 3.05) is 11.5 Å². The molecule has 0 atom stereocenters. The van der Waals surface area contributed by atoms with Crippen molar-refractivity contribution in [2.45, 2.75) is 17.6 Å². The van der Waals surface area contributed by atoms with Gasteiger partial charge in [0.2, 0.25) is 5.82 Å². The maximum Gasteiger partial charge on any atom is 0.338 e. The number of nitrogens with zero attached hydrogens (tertiary/aromatic N) is 2. The van der Waals surface area contributed by atoms with Crippen molar-refractivity contribution in [1.82, 2.24) is 10.1 Å². The molecule has 1 fully saturated rings. The van der Waals surface area contributed by atoms with Crippen molar-refractivity contribution in [3.05, 3.63) is 58.8 Å². The van der Waals surface area contributed by atoms with Gasteiger partial charge in [0.1, 0.15) is 0 Å². The van der Waals surface area contributed by atoms with Crippen LogP contribution in [0.2, 0.25) is 0 Å². The Morgan fingerprint density at radius 3 is 2.73 bits per heavy atom. The molecule has 3 heterocycles. The fourth-order valence-electron chi connectivity index (χ4n) is 2.49. The van der Waals surface area contributed by atoms with Crippen LogP contribution in [-0.4, -0.2) is 27.6 Å². The highest BCUT2D eigenvalue weighted by atomic mass is 32.2. The lowest BCUT2D eigenvalue weighted by Gasteiger charge is -2.21. The molecule has 1 saturated heterocycles. The summed E-state index contributed by atoms with van der Waals surface area (Å²) in [4.78, 5) is 17.4. The summed E-state index contributed by atoms with van der Waals surface area (Å²) in [5, 5.41) is 5.84. The molecule has 0 N–H and O–H groups in total. The minimum Gasteiger partial charge on any atom is -0.452 e. The first-order valence-corrected chi connectivity index (χ1v) is 11.1. The zero-order valence-corrected chi connectivity index (χ0v) is 16.2. The van der Waals surface area contributed by atoms with E-state index in [4.69, 9.17) is 9.26 Å². The highest BCUT2D eigenvalue weighted by molar-refractivity contribution is 8.16. The molecule has 8 heteroatoms. The number of carbonyl (C=O) groups excluding carboxylic acids is 1. The average molecular weight is 405 g/mol. The van der Waals surface area contributed by atoms with E-state index in [0.29, 0.717) is 16.0 Å². The van der Waals surface area contributed by atoms with Gasteiger partial charge in [-0.05, 0) is 47.1 Å². The molecular weight excluding hydrogens is 388 g/mol. The van der Waals surface area contributed by atoms with Gasteiger partial charge in [-0.2, -0.15) is 4.98 Å². The summed E-state index contributed by atoms with van der Waals surface area (Å²) in [5.74, 6) is 2.79. The molecule has 0 amide bonds. The number of hydrogen-bond acceptors (Lipinski definition) is 8. The van der Waals surface area contributed by atoms with Gasteiger partial charge in [-0.25, -0.2) is 4.79 Å². The van der Waals surface area contributed by atoms with Crippen molar-refractivity contribution in [3.8, 4) is 10.7 Å². The summed E-state index contributed by atoms with van der Waals surface area (Å²) in [6.45, 7) is -0.0344. The first-order valence-electron chi connectivity index (χ1n) is 8.16. The van der Waals surface area contributed by atoms with E-state index >= 15 is 0 Å². The summed E-state index contributed by atoms with van der Waals surface area (Å²) in [7, 11) is 0. The largest absolute Gasteiger partial charge is 0.452 e. The Balaban J connectivity index is 1.34. The smallest absolute Gasteiger partial charge is 0.338 e. The minimum atomic E-state index is -0.392. The monoisotopic (exact) mass is 404 g/mol. The number of benzene rings is 1. The summed E-state index contributed by atoms with van der Waals surface area (Å²) >= 11 is 5.45. The van der Waals surface area contributed by atoms with Crippen LogP contribution in [0, 0.1) is 0 Å². The number of ether oxygens (including phenoxy) is 1. The molecule has 1 aromatic carbocycles. The van der Waals surface area contributed by atoms with Crippen LogP contribution in [0.25, 0.3) is 10.7 Å². The van der Waals surface area contributed by atoms with E-state index < -0.39 is 5.97 Å². The zero-order chi connectivity index (χ0) is 17.8. The number of esters is 1. The van der Waals surface area contributed by atoms with Crippen LogP contribution >= 0.6 is 34.9 Å². The van der Waals surface area contributed by atoms with Crippen LogP contribution in [0.5, 0.6) is 0 Å². The van der Waals surface area contributed by atoms with E-state index in [1.54, 1.807) is 0 Å². The van der Waals surface area contributed by atoms with Crippen molar-refractivity contribution in [2.24, 2.45) is 0 Å². The third-order valence-corrected chi connectivity index (χ3v) is 7.66. The Kier molecular flexibility index (Phi) is 5.62. The van der Waals surface area contributed by atoms with E-state index in [1.807, 2.05) is 65.3 Å². The normalized spacial score (nSPS) is 15.1. The second-order valence-corrected chi connectivity index (χ2v) is 9.29. The lowest BCUT2D eigenvalue weighted by atomic mass is 10.1. The lowest BCUT2D eigenvalue weighted by Crippen LogP contribution is -2.06. The maximum atomic E-state index is 12.2. The highest BCUT2D eigenvalue weighted by Gasteiger charge is 2.18. The van der Waals surface area contributed by atoms with Gasteiger partial charge in [0, 0.05) is 0 Å². The van der Waals surface area contributed by atoms with Gasteiger partial charge in [-0.1, -0.05) is 23.4 Å². The van der Waals surface area contributed by atoms with Crippen LogP contribution in [-0.2, 0) is 11.3 Å². The summed E-state index contributed by atoms with van der Waals surface area (Å²) in [5.41, 5.74) is 1.77. The van der Waals surface area contributed by atoms with E-state index in [0.717, 1.165) is 4.88 Å². The van der Waals surface area contributed by atoms with Crippen LogP contribution in [0.4, 0.5) is 0 Å². The van der Waals surface area contributed by atoms with Gasteiger partial charge in [0.25, 0.3) is 5.89 Å². The minimum absolute atomic E-state index is 0.0344. The number of carbonyl (C=O) groups is 1. The molecule has 0 bridgehead atoms. The van der Waals surface area contributed by atoms with Gasteiger partial charge in [0.05, 0.1) is 15.0 Å². The van der Waals surface area contributed by atoms with Crippen molar-refractivity contribution in [1.29, 1.82) is 0 Å². The molecule has 4 rings (SSSR count). The second kappa shape index (κ2) is 8.28. The van der Waals surface area contributed by atoms with Gasteiger partial charge >= 0.3 is 5.97 Å². The van der Waals surface area contributed by atoms with E-state index in [1.165, 1.54) is 34.8 Å².